The summed E-state index contributed by atoms with van der Waals surface area (Å²) in [5, 5.41) is 8.68. The van der Waals surface area contributed by atoms with Crippen molar-refractivity contribution in [1.82, 2.24) is 30.8 Å². The quantitative estimate of drug-likeness (QED) is 0.127. The second-order valence-electron chi connectivity index (χ2n) is 16.3. The zero-order chi connectivity index (χ0) is 42.9. The third kappa shape index (κ3) is 13.7. The third-order valence-corrected chi connectivity index (χ3v) is 11.7. The summed E-state index contributed by atoms with van der Waals surface area (Å²) in [4.78, 5) is 117. The molecule has 3 N–H and O–H groups in total. The summed E-state index contributed by atoms with van der Waals surface area (Å²) in [6, 6.07) is 6.55. The highest BCUT2D eigenvalue weighted by Gasteiger charge is 2.39. The Morgan fingerprint density at radius 1 is 0.780 bits per heavy atom. The predicted molar refractivity (Wildman–Crippen MR) is 220 cm³/mol. The first-order chi connectivity index (χ1) is 28.3. The van der Waals surface area contributed by atoms with Crippen molar-refractivity contribution in [2.24, 2.45) is 23.7 Å². The zero-order valence-electron chi connectivity index (χ0n) is 35.1. The first-order valence-electron chi connectivity index (χ1n) is 21.4. The van der Waals surface area contributed by atoms with Gasteiger partial charge in [0.25, 0.3) is 5.91 Å². The normalized spacial score (nSPS) is 18.7. The molecule has 59 heavy (non-hydrogen) atoms. The third-order valence-electron chi connectivity index (χ3n) is 11.7. The van der Waals surface area contributed by atoms with Gasteiger partial charge in [-0.15, -0.1) is 0 Å². The average Bonchev–Trinajstić information content (AvgIpc) is 3.71. The molecule has 2 aliphatic rings. The molecule has 1 heterocycles. The Labute approximate surface area is 347 Å². The molecule has 2 saturated carbocycles. The molecule has 0 saturated heterocycles. The van der Waals surface area contributed by atoms with E-state index in [1.165, 1.54) is 23.5 Å². The summed E-state index contributed by atoms with van der Waals surface area (Å²) in [5.41, 5.74) is 0.700. The van der Waals surface area contributed by atoms with Crippen molar-refractivity contribution in [3.63, 3.8) is 0 Å². The summed E-state index contributed by atoms with van der Waals surface area (Å²) in [5.74, 6) is -5.65. The van der Waals surface area contributed by atoms with Crippen LogP contribution in [0.4, 0.5) is 0 Å². The topological polar surface area (TPSA) is 202 Å². The molecule has 2 aliphatic carbocycles. The van der Waals surface area contributed by atoms with Crippen LogP contribution in [0.1, 0.15) is 139 Å². The van der Waals surface area contributed by atoms with Gasteiger partial charge in [-0.1, -0.05) is 82.7 Å². The summed E-state index contributed by atoms with van der Waals surface area (Å²) < 4.78 is 0. The number of rotatable bonds is 23. The number of nitrogens with zero attached hydrogens (tertiary/aromatic N) is 3. The van der Waals surface area contributed by atoms with E-state index in [-0.39, 0.29) is 60.7 Å². The van der Waals surface area contributed by atoms with Crippen molar-refractivity contribution in [2.75, 3.05) is 14.1 Å². The van der Waals surface area contributed by atoms with Crippen molar-refractivity contribution in [3.05, 3.63) is 60.2 Å². The van der Waals surface area contributed by atoms with Crippen LogP contribution in [0.3, 0.4) is 0 Å². The van der Waals surface area contributed by atoms with E-state index in [0.717, 1.165) is 32.1 Å². The minimum atomic E-state index is -0.950. The van der Waals surface area contributed by atoms with E-state index in [4.69, 9.17) is 0 Å². The number of carbonyl (C=O) groups is 8. The van der Waals surface area contributed by atoms with Crippen LogP contribution < -0.4 is 16.0 Å². The Morgan fingerprint density at radius 3 is 2.12 bits per heavy atom. The molecular formula is C45H62N6O8. The number of aromatic nitrogens is 2. The second-order valence-corrected chi connectivity index (χ2v) is 16.3. The summed E-state index contributed by atoms with van der Waals surface area (Å²) in [6.45, 7) is 3.80. The number of likely N-dealkylation sites (N-methyl/N-ethyl adjacent to an activating group) is 1. The molecule has 2 aromatic rings. The van der Waals surface area contributed by atoms with Crippen LogP contribution in [0.2, 0.25) is 0 Å². The van der Waals surface area contributed by atoms with E-state index in [1.54, 1.807) is 44.4 Å². The van der Waals surface area contributed by atoms with Crippen LogP contribution in [0, 0.1) is 23.7 Å². The Balaban J connectivity index is 1.35. The van der Waals surface area contributed by atoms with E-state index < -0.39 is 59.3 Å². The summed E-state index contributed by atoms with van der Waals surface area (Å²) in [7, 11) is 3.16. The van der Waals surface area contributed by atoms with Gasteiger partial charge in [-0.2, -0.15) is 0 Å². The van der Waals surface area contributed by atoms with Gasteiger partial charge in [-0.05, 0) is 50.0 Å². The SMILES string of the molecule is CCC[C@H](CC(=O)[C@@H](NC(=O)c1cnccn1)C1CCCCC1)C(=O)N[C@H]1CCC[C@H]1C(=O)C[C@@H](CCC)C(=O)C(=O)CCC(=O)N[C@H](C(=O)N(C)C)c1ccccc1. The fourth-order valence-corrected chi connectivity index (χ4v) is 8.49. The van der Waals surface area contributed by atoms with Crippen LogP contribution in [-0.2, 0) is 33.6 Å². The molecule has 320 valence electrons. The van der Waals surface area contributed by atoms with Gasteiger partial charge in [0.05, 0.1) is 12.2 Å². The molecule has 6 atom stereocenters. The fraction of sp³-hybridized carbons (Fsp3) is 0.600. The molecule has 4 rings (SSSR count). The Hall–Kier alpha value is -5.14. The van der Waals surface area contributed by atoms with E-state index in [1.807, 2.05) is 13.8 Å². The van der Waals surface area contributed by atoms with Crippen LogP contribution in [-0.4, -0.2) is 87.8 Å². The van der Waals surface area contributed by atoms with Crippen molar-refractivity contribution in [3.8, 4) is 0 Å². The molecule has 14 heteroatoms. The number of amides is 4. The standard InChI is InChI=1S/C45H62N6O8/c1-5-14-31(42(56)36(52)22-23-39(55)49-41(45(59)51(3)4)30-18-11-8-12-19-30)26-37(53)33-20-13-21-34(33)48-43(57)32(15-6-2)27-38(54)40(29-16-9-7-10-17-29)50-44(58)35-28-46-24-25-47-35/h8,11-12,18-19,24-25,28-29,31-34,40-41H,5-7,9-10,13-17,20-23,26-27H2,1-4H3,(H,48,57)(H,49,55)(H,50,58)/t31-,32-,33-,34+,40+,41+/m1/s1. The number of benzene rings is 1. The van der Waals surface area contributed by atoms with Crippen molar-refractivity contribution >= 4 is 46.8 Å². The van der Waals surface area contributed by atoms with Crippen LogP contribution in [0.15, 0.2) is 48.9 Å². The highest BCUT2D eigenvalue weighted by molar-refractivity contribution is 6.38. The average molecular weight is 815 g/mol. The van der Waals surface area contributed by atoms with Gasteiger partial charge in [-0.25, -0.2) is 4.98 Å². The number of Topliss-reactive ketones (excluding diaryl/α,β-unsaturated/α-hetero) is 4. The fourth-order valence-electron chi connectivity index (χ4n) is 8.49. The number of ketones is 4. The van der Waals surface area contributed by atoms with Crippen molar-refractivity contribution in [1.29, 1.82) is 0 Å². The van der Waals surface area contributed by atoms with Crippen LogP contribution in [0.5, 0.6) is 0 Å². The maximum absolute atomic E-state index is 14.0. The molecule has 1 aromatic heterocycles. The van der Waals surface area contributed by atoms with Gasteiger partial charge in [0.2, 0.25) is 23.5 Å². The molecule has 0 spiro atoms. The van der Waals surface area contributed by atoms with Crippen molar-refractivity contribution in [2.45, 2.75) is 135 Å². The van der Waals surface area contributed by atoms with Gasteiger partial charge in [-0.3, -0.25) is 43.3 Å². The second kappa shape index (κ2) is 23.5. The van der Waals surface area contributed by atoms with E-state index in [0.29, 0.717) is 50.5 Å². The number of hydrogen-bond donors (Lipinski definition) is 3. The maximum Gasteiger partial charge on any atom is 0.272 e. The maximum atomic E-state index is 14.0. The van der Waals surface area contributed by atoms with E-state index >= 15 is 0 Å². The van der Waals surface area contributed by atoms with E-state index in [2.05, 4.69) is 25.9 Å². The monoisotopic (exact) mass is 814 g/mol. The molecule has 2 fully saturated rings. The van der Waals surface area contributed by atoms with Crippen molar-refractivity contribution < 1.29 is 38.4 Å². The van der Waals surface area contributed by atoms with Gasteiger partial charge in [0.1, 0.15) is 17.5 Å². The van der Waals surface area contributed by atoms with Crippen LogP contribution >= 0.6 is 0 Å². The lowest BCUT2D eigenvalue weighted by Crippen LogP contribution is -2.49. The van der Waals surface area contributed by atoms with Gasteiger partial charge < -0.3 is 20.9 Å². The molecule has 4 amide bonds. The van der Waals surface area contributed by atoms with Crippen LogP contribution in [0.25, 0.3) is 0 Å². The molecule has 0 unspecified atom stereocenters. The van der Waals surface area contributed by atoms with Gasteiger partial charge in [0.15, 0.2) is 11.6 Å². The lowest BCUT2D eigenvalue weighted by molar-refractivity contribution is -0.141. The Bertz CT molecular complexity index is 1760. The lowest BCUT2D eigenvalue weighted by atomic mass is 9.80. The largest absolute Gasteiger partial charge is 0.352 e. The Kier molecular flexibility index (Phi) is 18.5. The zero-order valence-corrected chi connectivity index (χ0v) is 35.1. The van der Waals surface area contributed by atoms with Gasteiger partial charge >= 0.3 is 0 Å². The first-order valence-corrected chi connectivity index (χ1v) is 21.4. The minimum Gasteiger partial charge on any atom is -0.352 e. The summed E-state index contributed by atoms with van der Waals surface area (Å²) in [6.07, 6.45) is 11.7. The lowest BCUT2D eigenvalue weighted by Gasteiger charge is -2.31. The predicted octanol–water partition coefficient (Wildman–Crippen LogP) is 5.06. The number of carbonyl (C=O) groups excluding carboxylic acids is 8. The Morgan fingerprint density at radius 2 is 1.47 bits per heavy atom. The first kappa shape index (κ1) is 46.5. The highest BCUT2D eigenvalue weighted by atomic mass is 16.2. The number of nitrogens with one attached hydrogen (secondary N) is 3. The minimum absolute atomic E-state index is 0.0485. The number of hydrogen-bond acceptors (Lipinski definition) is 10. The molecule has 1 aromatic carbocycles. The van der Waals surface area contributed by atoms with Gasteiger partial charge in [0, 0.05) is 76.0 Å². The highest BCUT2D eigenvalue weighted by Crippen LogP contribution is 2.32. The molecule has 14 nitrogen and oxygen atoms in total. The summed E-state index contributed by atoms with van der Waals surface area (Å²) >= 11 is 0. The van der Waals surface area contributed by atoms with E-state index in [9.17, 15) is 38.4 Å². The molecule has 0 bridgehead atoms. The molecule has 0 radical (unpaired) electrons. The molecular weight excluding hydrogens is 753 g/mol. The molecule has 0 aliphatic heterocycles. The smallest absolute Gasteiger partial charge is 0.272 e.